The van der Waals surface area contributed by atoms with Crippen molar-refractivity contribution >= 4 is 23.8 Å². The van der Waals surface area contributed by atoms with Crippen molar-refractivity contribution in [1.29, 1.82) is 0 Å². The van der Waals surface area contributed by atoms with Crippen LogP contribution < -0.4 is 5.32 Å². The van der Waals surface area contributed by atoms with E-state index < -0.39 is 5.97 Å². The van der Waals surface area contributed by atoms with Crippen molar-refractivity contribution in [3.05, 3.63) is 59.3 Å². The highest BCUT2D eigenvalue weighted by Gasteiger charge is 2.08. The molecule has 0 saturated heterocycles. The number of nitrogens with zero attached hydrogens (tertiary/aromatic N) is 2. The van der Waals surface area contributed by atoms with Crippen LogP contribution in [0.1, 0.15) is 21.5 Å². The van der Waals surface area contributed by atoms with Crippen LogP contribution in [0.15, 0.2) is 42.6 Å². The summed E-state index contributed by atoms with van der Waals surface area (Å²) in [5.41, 5.74) is 1.92. The van der Waals surface area contributed by atoms with E-state index in [4.69, 9.17) is 5.11 Å². The zero-order valence-electron chi connectivity index (χ0n) is 11.3. The van der Waals surface area contributed by atoms with E-state index in [1.54, 1.807) is 30.3 Å². The van der Waals surface area contributed by atoms with Crippen LogP contribution in [0.3, 0.4) is 0 Å². The van der Waals surface area contributed by atoms with Gasteiger partial charge in [0.15, 0.2) is 5.82 Å². The predicted octanol–water partition coefficient (Wildman–Crippen LogP) is 2.14. The Bertz CT molecular complexity index is 697. The molecule has 0 unspecified atom stereocenters. The summed E-state index contributed by atoms with van der Waals surface area (Å²) in [5, 5.41) is 18.7. The number of aromatic nitrogens is 2. The maximum Gasteiger partial charge on any atom is 0.328 e. The monoisotopic (exact) mass is 283 g/mol. The molecule has 0 radical (unpaired) electrons. The fraction of sp³-hybridized carbons (Fsp3) is 0.0667. The van der Waals surface area contributed by atoms with Crippen LogP contribution in [0.2, 0.25) is 0 Å². The first-order valence-electron chi connectivity index (χ1n) is 6.16. The van der Waals surface area contributed by atoms with Crippen LogP contribution >= 0.6 is 0 Å². The van der Waals surface area contributed by atoms with Crippen molar-refractivity contribution in [2.24, 2.45) is 0 Å². The van der Waals surface area contributed by atoms with Gasteiger partial charge in [-0.2, -0.15) is 5.10 Å². The zero-order chi connectivity index (χ0) is 15.2. The molecule has 0 aliphatic carbocycles. The number of aryl methyl sites for hydroxylation is 1. The summed E-state index contributed by atoms with van der Waals surface area (Å²) < 4.78 is 0. The fourth-order valence-corrected chi connectivity index (χ4v) is 1.76. The van der Waals surface area contributed by atoms with Gasteiger partial charge in [-0.1, -0.05) is 6.07 Å². The summed E-state index contributed by atoms with van der Waals surface area (Å²) in [6, 6.07) is 8.41. The van der Waals surface area contributed by atoms with Crippen molar-refractivity contribution in [1.82, 2.24) is 10.2 Å². The number of anilines is 1. The number of rotatable bonds is 4. The number of carbonyl (C=O) groups is 2. The Kier molecular flexibility index (Phi) is 4.40. The highest BCUT2D eigenvalue weighted by atomic mass is 16.4. The van der Waals surface area contributed by atoms with E-state index in [9.17, 15) is 9.59 Å². The van der Waals surface area contributed by atoms with Gasteiger partial charge in [0, 0.05) is 17.8 Å². The quantitative estimate of drug-likeness (QED) is 0.839. The molecule has 0 fully saturated rings. The third-order valence-corrected chi connectivity index (χ3v) is 2.59. The molecule has 1 aromatic carbocycles. The average molecular weight is 283 g/mol. The average Bonchev–Trinajstić information content (AvgIpc) is 2.45. The number of hydrogen-bond donors (Lipinski definition) is 2. The molecule has 2 N–H and O–H groups in total. The van der Waals surface area contributed by atoms with Gasteiger partial charge < -0.3 is 10.4 Å². The van der Waals surface area contributed by atoms with E-state index >= 15 is 0 Å². The van der Waals surface area contributed by atoms with Gasteiger partial charge in [-0.15, -0.1) is 5.10 Å². The molecular weight excluding hydrogens is 270 g/mol. The molecule has 106 valence electrons. The Morgan fingerprint density at radius 3 is 2.76 bits per heavy atom. The molecule has 21 heavy (non-hydrogen) atoms. The number of carboxylic acid groups (broad SMARTS) is 1. The summed E-state index contributed by atoms with van der Waals surface area (Å²) in [6.45, 7) is 1.83. The molecule has 2 rings (SSSR count). The molecule has 0 saturated carbocycles. The molecule has 1 heterocycles. The molecule has 1 aromatic heterocycles. The molecule has 6 heteroatoms. The number of benzene rings is 1. The summed E-state index contributed by atoms with van der Waals surface area (Å²) in [6.07, 6.45) is 3.98. The van der Waals surface area contributed by atoms with Crippen LogP contribution in [-0.2, 0) is 4.79 Å². The third-order valence-electron chi connectivity index (χ3n) is 2.59. The van der Waals surface area contributed by atoms with Crippen LogP contribution in [0.4, 0.5) is 5.82 Å². The molecule has 1 amide bonds. The Hall–Kier alpha value is -3.02. The van der Waals surface area contributed by atoms with Crippen molar-refractivity contribution < 1.29 is 14.7 Å². The molecule has 0 atom stereocenters. The SMILES string of the molecule is Cc1cc(/C=C/C(=O)O)cc(C(=O)Nc2cccnn2)c1. The Balaban J connectivity index is 2.23. The number of hydrogen-bond acceptors (Lipinski definition) is 4. The van der Waals surface area contributed by atoms with Crippen LogP contribution in [0.5, 0.6) is 0 Å². The number of aliphatic carboxylic acids is 1. The van der Waals surface area contributed by atoms with Gasteiger partial charge in [0.25, 0.3) is 5.91 Å². The normalized spacial score (nSPS) is 10.5. The number of amides is 1. The molecular formula is C15H13N3O3. The largest absolute Gasteiger partial charge is 0.478 e. The summed E-state index contributed by atoms with van der Waals surface area (Å²) in [5.74, 6) is -1.02. The molecule has 0 spiro atoms. The van der Waals surface area contributed by atoms with Gasteiger partial charge in [0.05, 0.1) is 0 Å². The highest BCUT2D eigenvalue weighted by Crippen LogP contribution is 2.13. The second kappa shape index (κ2) is 6.42. The minimum atomic E-state index is -1.04. The second-order valence-corrected chi connectivity index (χ2v) is 4.37. The smallest absolute Gasteiger partial charge is 0.328 e. The Morgan fingerprint density at radius 1 is 1.29 bits per heavy atom. The lowest BCUT2D eigenvalue weighted by Gasteiger charge is -2.06. The van der Waals surface area contributed by atoms with Gasteiger partial charge in [-0.05, 0) is 48.4 Å². The predicted molar refractivity (Wildman–Crippen MR) is 77.8 cm³/mol. The van der Waals surface area contributed by atoms with Crippen molar-refractivity contribution in [2.45, 2.75) is 6.92 Å². The third kappa shape index (κ3) is 4.24. The summed E-state index contributed by atoms with van der Waals surface area (Å²) in [4.78, 5) is 22.7. The first kappa shape index (κ1) is 14.4. The highest BCUT2D eigenvalue weighted by molar-refractivity contribution is 6.04. The van der Waals surface area contributed by atoms with Crippen LogP contribution in [-0.4, -0.2) is 27.2 Å². The molecule has 6 nitrogen and oxygen atoms in total. The lowest BCUT2D eigenvalue weighted by Crippen LogP contribution is -2.13. The number of carboxylic acids is 1. The maximum absolute atomic E-state index is 12.1. The second-order valence-electron chi connectivity index (χ2n) is 4.37. The minimum Gasteiger partial charge on any atom is -0.478 e. The van der Waals surface area contributed by atoms with Crippen molar-refractivity contribution in [2.75, 3.05) is 5.32 Å². The molecule has 0 bridgehead atoms. The van der Waals surface area contributed by atoms with Gasteiger partial charge >= 0.3 is 5.97 Å². The number of nitrogens with one attached hydrogen (secondary N) is 1. The lowest BCUT2D eigenvalue weighted by molar-refractivity contribution is -0.131. The standard InChI is InChI=1S/C15H13N3O3/c1-10-7-11(4-5-14(19)20)9-12(8-10)15(21)17-13-3-2-6-16-18-13/h2-9H,1H3,(H,19,20)(H,17,18,21)/b5-4+. The van der Waals surface area contributed by atoms with Gasteiger partial charge in [-0.3, -0.25) is 4.79 Å². The first-order valence-corrected chi connectivity index (χ1v) is 6.16. The maximum atomic E-state index is 12.1. The Labute approximate surface area is 121 Å². The molecule has 0 aliphatic heterocycles. The van der Waals surface area contributed by atoms with Gasteiger partial charge in [0.2, 0.25) is 0 Å². The fourth-order valence-electron chi connectivity index (χ4n) is 1.76. The van der Waals surface area contributed by atoms with E-state index in [2.05, 4.69) is 15.5 Å². The van der Waals surface area contributed by atoms with E-state index in [0.717, 1.165) is 11.6 Å². The molecule has 2 aromatic rings. The first-order chi connectivity index (χ1) is 10.0. The summed E-state index contributed by atoms with van der Waals surface area (Å²) >= 11 is 0. The van der Waals surface area contributed by atoms with Crippen LogP contribution in [0.25, 0.3) is 6.08 Å². The van der Waals surface area contributed by atoms with Crippen molar-refractivity contribution in [3.8, 4) is 0 Å². The van der Waals surface area contributed by atoms with E-state index in [0.29, 0.717) is 16.9 Å². The summed E-state index contributed by atoms with van der Waals surface area (Å²) in [7, 11) is 0. The zero-order valence-corrected chi connectivity index (χ0v) is 11.3. The molecule has 0 aliphatic rings. The van der Waals surface area contributed by atoms with Gasteiger partial charge in [0.1, 0.15) is 0 Å². The van der Waals surface area contributed by atoms with Crippen LogP contribution in [0, 0.1) is 6.92 Å². The Morgan fingerprint density at radius 2 is 2.10 bits per heavy atom. The van der Waals surface area contributed by atoms with E-state index in [-0.39, 0.29) is 5.91 Å². The lowest BCUT2D eigenvalue weighted by atomic mass is 10.1. The van der Waals surface area contributed by atoms with Crippen molar-refractivity contribution in [3.63, 3.8) is 0 Å². The topological polar surface area (TPSA) is 92.2 Å². The van der Waals surface area contributed by atoms with Gasteiger partial charge in [-0.25, -0.2) is 4.79 Å². The van der Waals surface area contributed by atoms with E-state index in [1.807, 2.05) is 6.92 Å². The minimum absolute atomic E-state index is 0.329. The van der Waals surface area contributed by atoms with E-state index in [1.165, 1.54) is 12.3 Å². The number of carbonyl (C=O) groups excluding carboxylic acids is 1.